The number of anilines is 1. The number of nitrogens with one attached hydrogen (secondary N) is 3. The third-order valence-corrected chi connectivity index (χ3v) is 8.90. The Bertz CT molecular complexity index is 1190. The van der Waals surface area contributed by atoms with Crippen LogP contribution in [0.5, 0.6) is 0 Å². The van der Waals surface area contributed by atoms with Gasteiger partial charge < -0.3 is 20.7 Å². The lowest BCUT2D eigenvalue weighted by Gasteiger charge is -2.26. The average Bonchev–Trinajstić information content (AvgIpc) is 3.51. The van der Waals surface area contributed by atoms with Gasteiger partial charge >= 0.3 is 6.09 Å². The van der Waals surface area contributed by atoms with E-state index in [2.05, 4.69) is 16.0 Å². The van der Waals surface area contributed by atoms with Gasteiger partial charge in [0.2, 0.25) is 5.91 Å². The highest BCUT2D eigenvalue weighted by Crippen LogP contribution is 2.47. The maximum atomic E-state index is 15.2. The zero-order valence-electron chi connectivity index (χ0n) is 20.7. The van der Waals surface area contributed by atoms with E-state index in [1.165, 1.54) is 12.1 Å². The van der Waals surface area contributed by atoms with Crippen LogP contribution in [0.3, 0.4) is 0 Å². The summed E-state index contributed by atoms with van der Waals surface area (Å²) in [4.78, 5) is 39.0. The van der Waals surface area contributed by atoms with Crippen molar-refractivity contribution < 1.29 is 23.5 Å². The molecular weight excluding hydrogens is 505 g/mol. The Morgan fingerprint density at radius 3 is 2.50 bits per heavy atom. The molecule has 0 aromatic heterocycles. The molecule has 1 unspecified atom stereocenters. The number of thiol groups is 1. The number of alkyl carbamates (subject to hydrolysis) is 1. The molecule has 36 heavy (non-hydrogen) atoms. The number of carbonyl (C=O) groups is 3. The van der Waals surface area contributed by atoms with Crippen LogP contribution in [0, 0.1) is 5.82 Å². The number of halogens is 2. The molecule has 10 heteroatoms. The van der Waals surface area contributed by atoms with Gasteiger partial charge in [0.25, 0.3) is 5.91 Å². The second-order valence-electron chi connectivity index (χ2n) is 10.6. The van der Waals surface area contributed by atoms with Crippen molar-refractivity contribution in [3.63, 3.8) is 0 Å². The molecule has 1 aliphatic heterocycles. The standard InChI is InChI=1S/C26H31ClFN3O4S/c1-25(2,3)35-24(34)30-20-14-36(13-15-5-7-16(27)8-6-15)21-12-18(28)17(11-19(21)29-23(20)33)22(32)31-26(4)9-10-26/h5-8,11-12,20,36H,9-10,13-14H2,1-4H3,(H,29,33)(H,30,34)(H,31,32)/t20-/m0/s1. The van der Waals surface area contributed by atoms with E-state index < -0.39 is 46.3 Å². The quantitative estimate of drug-likeness (QED) is 0.397. The van der Waals surface area contributed by atoms with Gasteiger partial charge in [-0.15, -0.1) is 0 Å². The zero-order chi connectivity index (χ0) is 26.3. The summed E-state index contributed by atoms with van der Waals surface area (Å²) in [6.07, 6.45) is 0.970. The minimum atomic E-state index is -1.16. The third-order valence-electron chi connectivity index (χ3n) is 6.04. The molecule has 2 atom stereocenters. The zero-order valence-corrected chi connectivity index (χ0v) is 22.4. The summed E-state index contributed by atoms with van der Waals surface area (Å²) in [5.74, 6) is -0.801. The Morgan fingerprint density at radius 2 is 1.89 bits per heavy atom. The molecular formula is C26H31ClFN3O4S. The van der Waals surface area contributed by atoms with Gasteiger partial charge in [-0.3, -0.25) is 9.59 Å². The summed E-state index contributed by atoms with van der Waals surface area (Å²) in [7, 11) is -1.16. The van der Waals surface area contributed by atoms with E-state index in [1.54, 1.807) is 32.9 Å². The van der Waals surface area contributed by atoms with Crippen molar-refractivity contribution in [2.45, 2.75) is 68.4 Å². The van der Waals surface area contributed by atoms with Crippen LogP contribution in [0.25, 0.3) is 0 Å². The molecule has 0 saturated heterocycles. The number of amides is 3. The lowest BCUT2D eigenvalue weighted by Crippen LogP contribution is -2.47. The largest absolute Gasteiger partial charge is 0.444 e. The Hall–Kier alpha value is -2.78. The Labute approximate surface area is 217 Å². The number of benzene rings is 2. The van der Waals surface area contributed by atoms with Gasteiger partial charge in [0.05, 0.1) is 11.3 Å². The number of rotatable bonds is 5. The fraction of sp³-hybridized carbons (Fsp3) is 0.423. The predicted molar refractivity (Wildman–Crippen MR) is 141 cm³/mol. The smallest absolute Gasteiger partial charge is 0.408 e. The molecule has 7 nitrogen and oxygen atoms in total. The SMILES string of the molecule is CC1(NC(=O)c2cc3c(cc2F)[SH](Cc2ccc(Cl)cc2)C[C@H](NC(=O)OC(C)(C)C)C(=O)N3)CC1. The van der Waals surface area contributed by atoms with Crippen molar-refractivity contribution in [2.75, 3.05) is 11.1 Å². The molecule has 2 aromatic carbocycles. The molecule has 0 bridgehead atoms. The van der Waals surface area contributed by atoms with Crippen LogP contribution >= 0.6 is 22.5 Å². The van der Waals surface area contributed by atoms with Crippen molar-refractivity contribution >= 4 is 46.1 Å². The molecule has 3 N–H and O–H groups in total. The molecule has 0 radical (unpaired) electrons. The van der Waals surface area contributed by atoms with Crippen LogP contribution < -0.4 is 16.0 Å². The van der Waals surface area contributed by atoms with Crippen LogP contribution in [0.1, 0.15) is 56.5 Å². The monoisotopic (exact) mass is 535 g/mol. The topological polar surface area (TPSA) is 96.5 Å². The van der Waals surface area contributed by atoms with Crippen LogP contribution in [0.4, 0.5) is 14.9 Å². The van der Waals surface area contributed by atoms with Crippen LogP contribution in [0.15, 0.2) is 41.3 Å². The minimum Gasteiger partial charge on any atom is -0.444 e. The van der Waals surface area contributed by atoms with Gasteiger partial charge in [-0.25, -0.2) is 20.1 Å². The molecule has 3 amide bonds. The number of ether oxygens (including phenoxy) is 1. The average molecular weight is 536 g/mol. The van der Waals surface area contributed by atoms with Gasteiger partial charge in [0, 0.05) is 27.0 Å². The first kappa shape index (κ1) is 26.3. The van der Waals surface area contributed by atoms with Crippen LogP contribution in [0.2, 0.25) is 5.02 Å². The lowest BCUT2D eigenvalue weighted by atomic mass is 10.1. The number of carbonyl (C=O) groups excluding carboxylic acids is 3. The van der Waals surface area contributed by atoms with E-state index in [1.807, 2.05) is 19.1 Å². The van der Waals surface area contributed by atoms with Gasteiger partial charge in [-0.1, -0.05) is 23.7 Å². The minimum absolute atomic E-state index is 0.123. The number of hydrogen-bond donors (Lipinski definition) is 4. The third kappa shape index (κ3) is 6.50. The molecule has 1 aliphatic carbocycles. The number of hydrogen-bond acceptors (Lipinski definition) is 4. The maximum Gasteiger partial charge on any atom is 0.408 e. The first-order valence-corrected chi connectivity index (χ1v) is 13.9. The fourth-order valence-electron chi connectivity index (χ4n) is 3.89. The first-order valence-electron chi connectivity index (χ1n) is 11.8. The summed E-state index contributed by atoms with van der Waals surface area (Å²) in [6, 6.07) is 9.17. The van der Waals surface area contributed by atoms with Gasteiger partial charge in [-0.05, 0) is 70.4 Å². The molecule has 0 spiro atoms. The van der Waals surface area contributed by atoms with Crippen molar-refractivity contribution in [1.82, 2.24) is 10.6 Å². The summed E-state index contributed by atoms with van der Waals surface area (Å²) >= 11 is 6.03. The van der Waals surface area contributed by atoms with E-state index in [4.69, 9.17) is 16.3 Å². The van der Waals surface area contributed by atoms with Crippen molar-refractivity contribution in [3.05, 3.63) is 58.4 Å². The second kappa shape index (κ2) is 9.94. The summed E-state index contributed by atoms with van der Waals surface area (Å²) in [5, 5.41) is 8.93. The summed E-state index contributed by atoms with van der Waals surface area (Å²) in [6.45, 7) is 7.12. The van der Waals surface area contributed by atoms with E-state index in [0.29, 0.717) is 21.4 Å². The van der Waals surface area contributed by atoms with Crippen molar-refractivity contribution in [3.8, 4) is 0 Å². The molecule has 2 aromatic rings. The van der Waals surface area contributed by atoms with Gasteiger partial charge in [0.15, 0.2) is 0 Å². The molecule has 1 fully saturated rings. The van der Waals surface area contributed by atoms with E-state index in [9.17, 15) is 14.4 Å². The van der Waals surface area contributed by atoms with E-state index >= 15 is 4.39 Å². The molecule has 1 saturated carbocycles. The number of fused-ring (bicyclic) bond motifs is 1. The van der Waals surface area contributed by atoms with Crippen LogP contribution in [-0.4, -0.2) is 40.8 Å². The highest BCUT2D eigenvalue weighted by atomic mass is 35.5. The molecule has 2 aliphatic rings. The summed E-state index contributed by atoms with van der Waals surface area (Å²) in [5.41, 5.74) is 0.170. The Morgan fingerprint density at radius 1 is 1.22 bits per heavy atom. The maximum absolute atomic E-state index is 15.2. The van der Waals surface area contributed by atoms with Gasteiger partial charge in [0.1, 0.15) is 17.5 Å². The summed E-state index contributed by atoms with van der Waals surface area (Å²) < 4.78 is 20.6. The van der Waals surface area contributed by atoms with Gasteiger partial charge in [-0.2, -0.15) is 0 Å². The fourth-order valence-corrected chi connectivity index (χ4v) is 6.62. The highest BCUT2D eigenvalue weighted by Gasteiger charge is 2.39. The van der Waals surface area contributed by atoms with E-state index in [-0.39, 0.29) is 16.9 Å². The van der Waals surface area contributed by atoms with Crippen molar-refractivity contribution in [1.29, 1.82) is 0 Å². The lowest BCUT2D eigenvalue weighted by molar-refractivity contribution is -0.117. The molecule has 194 valence electrons. The van der Waals surface area contributed by atoms with Crippen LogP contribution in [-0.2, 0) is 15.3 Å². The first-order chi connectivity index (χ1) is 16.8. The molecule has 1 heterocycles. The Kier molecular flexibility index (Phi) is 7.26. The Balaban J connectivity index is 1.66. The van der Waals surface area contributed by atoms with E-state index in [0.717, 1.165) is 18.4 Å². The molecule has 4 rings (SSSR count). The normalized spacial score (nSPS) is 21.4. The second-order valence-corrected chi connectivity index (χ2v) is 13.2. The highest BCUT2D eigenvalue weighted by molar-refractivity contribution is 8.16. The predicted octanol–water partition coefficient (Wildman–Crippen LogP) is 5.17. The van der Waals surface area contributed by atoms with Crippen molar-refractivity contribution in [2.24, 2.45) is 0 Å².